The van der Waals surface area contributed by atoms with Crippen molar-refractivity contribution in [2.45, 2.75) is 18.9 Å². The molecule has 2 saturated heterocycles. The fraction of sp³-hybridized carbons (Fsp3) is 0.900. The molecule has 0 aromatic heterocycles. The number of sulfonamides is 1. The highest BCUT2D eigenvalue weighted by Gasteiger charge is 2.40. The Morgan fingerprint density at radius 2 is 2.24 bits per heavy atom. The Hall–Kier alpha value is -0.660. The predicted molar refractivity (Wildman–Crippen MR) is 61.9 cm³/mol. The molecule has 0 aromatic rings. The second kappa shape index (κ2) is 4.91. The molecule has 7 heteroatoms. The molecule has 0 saturated carbocycles. The summed E-state index contributed by atoms with van der Waals surface area (Å²) in [6.07, 6.45) is 2.15. The maximum Gasteiger partial charge on any atom is 0.322 e. The van der Waals surface area contributed by atoms with Gasteiger partial charge in [-0.05, 0) is 25.3 Å². The van der Waals surface area contributed by atoms with Crippen LogP contribution < -0.4 is 5.32 Å². The molecule has 98 valence electrons. The molecule has 2 fully saturated rings. The van der Waals surface area contributed by atoms with Gasteiger partial charge in [-0.15, -0.1) is 0 Å². The van der Waals surface area contributed by atoms with E-state index in [1.165, 1.54) is 11.4 Å². The highest BCUT2D eigenvalue weighted by atomic mass is 32.2. The SMILES string of the molecule is COC(=O)CS(=O)(=O)N1C[C@@H]2CCCN[C@@H]2C1. The molecular weight excluding hydrogens is 244 g/mol. The molecule has 2 atom stereocenters. The fourth-order valence-corrected chi connectivity index (χ4v) is 3.94. The van der Waals surface area contributed by atoms with E-state index in [9.17, 15) is 13.2 Å². The summed E-state index contributed by atoms with van der Waals surface area (Å²) in [7, 11) is -2.31. The van der Waals surface area contributed by atoms with E-state index in [-0.39, 0.29) is 6.04 Å². The van der Waals surface area contributed by atoms with Crippen molar-refractivity contribution in [2.24, 2.45) is 5.92 Å². The van der Waals surface area contributed by atoms with E-state index < -0.39 is 21.7 Å². The van der Waals surface area contributed by atoms with Crippen LogP contribution in [0.1, 0.15) is 12.8 Å². The molecule has 1 N–H and O–H groups in total. The number of hydrogen-bond donors (Lipinski definition) is 1. The van der Waals surface area contributed by atoms with E-state index in [1.807, 2.05) is 0 Å². The summed E-state index contributed by atoms with van der Waals surface area (Å²) in [5.74, 6) is -0.868. The first-order valence-electron chi connectivity index (χ1n) is 5.81. The van der Waals surface area contributed by atoms with Crippen molar-refractivity contribution in [3.63, 3.8) is 0 Å². The van der Waals surface area contributed by atoms with Crippen LogP contribution in [0.5, 0.6) is 0 Å². The normalized spacial score (nSPS) is 29.9. The van der Waals surface area contributed by atoms with E-state index in [1.54, 1.807) is 0 Å². The summed E-state index contributed by atoms with van der Waals surface area (Å²) in [5.41, 5.74) is 0. The van der Waals surface area contributed by atoms with Crippen molar-refractivity contribution in [1.82, 2.24) is 9.62 Å². The van der Waals surface area contributed by atoms with E-state index >= 15 is 0 Å². The fourth-order valence-electron chi connectivity index (χ4n) is 2.53. The number of nitrogens with zero attached hydrogens (tertiary/aromatic N) is 1. The van der Waals surface area contributed by atoms with Crippen LogP contribution in [0.2, 0.25) is 0 Å². The van der Waals surface area contributed by atoms with Crippen LogP contribution in [0.25, 0.3) is 0 Å². The Morgan fingerprint density at radius 1 is 1.47 bits per heavy atom. The largest absolute Gasteiger partial charge is 0.468 e. The number of carbonyl (C=O) groups is 1. The van der Waals surface area contributed by atoms with Gasteiger partial charge in [0, 0.05) is 19.1 Å². The van der Waals surface area contributed by atoms with Crippen LogP contribution in [-0.2, 0) is 19.6 Å². The summed E-state index contributed by atoms with van der Waals surface area (Å²) in [6.45, 7) is 1.95. The first kappa shape index (κ1) is 12.8. The van der Waals surface area contributed by atoms with Crippen molar-refractivity contribution in [3.8, 4) is 0 Å². The zero-order valence-corrected chi connectivity index (χ0v) is 10.7. The molecule has 0 aromatic carbocycles. The Balaban J connectivity index is 2.01. The van der Waals surface area contributed by atoms with Gasteiger partial charge in [0.25, 0.3) is 0 Å². The third-order valence-electron chi connectivity index (χ3n) is 3.49. The molecule has 6 nitrogen and oxygen atoms in total. The molecule has 0 unspecified atom stereocenters. The Bertz CT molecular complexity index is 381. The van der Waals surface area contributed by atoms with Crippen molar-refractivity contribution >= 4 is 16.0 Å². The molecule has 0 aliphatic carbocycles. The van der Waals surface area contributed by atoms with E-state index in [4.69, 9.17) is 0 Å². The summed E-state index contributed by atoms with van der Waals surface area (Å²) >= 11 is 0. The lowest BCUT2D eigenvalue weighted by molar-refractivity contribution is -0.137. The third-order valence-corrected chi connectivity index (χ3v) is 5.17. The number of piperidine rings is 1. The minimum atomic E-state index is -3.51. The van der Waals surface area contributed by atoms with Gasteiger partial charge in [-0.25, -0.2) is 8.42 Å². The van der Waals surface area contributed by atoms with Crippen molar-refractivity contribution in [2.75, 3.05) is 32.5 Å². The van der Waals surface area contributed by atoms with Crippen molar-refractivity contribution in [3.05, 3.63) is 0 Å². The molecule has 0 amide bonds. The van der Waals surface area contributed by atoms with Crippen LogP contribution in [0.4, 0.5) is 0 Å². The van der Waals surface area contributed by atoms with Gasteiger partial charge in [0.2, 0.25) is 10.0 Å². The zero-order valence-electron chi connectivity index (χ0n) is 9.89. The molecule has 2 heterocycles. The number of rotatable bonds is 3. The Labute approximate surface area is 101 Å². The predicted octanol–water partition coefficient (Wildman–Crippen LogP) is -0.827. The van der Waals surface area contributed by atoms with Gasteiger partial charge >= 0.3 is 5.97 Å². The number of esters is 1. The first-order chi connectivity index (χ1) is 8.03. The van der Waals surface area contributed by atoms with E-state index in [2.05, 4.69) is 10.1 Å². The number of methoxy groups -OCH3 is 1. The van der Waals surface area contributed by atoms with Crippen LogP contribution in [0.3, 0.4) is 0 Å². The lowest BCUT2D eigenvalue weighted by atomic mass is 9.94. The molecule has 0 bridgehead atoms. The Morgan fingerprint density at radius 3 is 2.88 bits per heavy atom. The van der Waals surface area contributed by atoms with Crippen LogP contribution >= 0.6 is 0 Å². The van der Waals surface area contributed by atoms with Crippen LogP contribution in [0.15, 0.2) is 0 Å². The lowest BCUT2D eigenvalue weighted by Gasteiger charge is -2.24. The second-order valence-corrected chi connectivity index (χ2v) is 6.58. The number of carbonyl (C=O) groups excluding carboxylic acids is 1. The summed E-state index contributed by atoms with van der Waals surface area (Å²) in [4.78, 5) is 11.1. The number of fused-ring (bicyclic) bond motifs is 1. The standard InChI is InChI=1S/C10H18N2O4S/c1-16-10(13)7-17(14,15)12-5-8-3-2-4-11-9(8)6-12/h8-9,11H,2-7H2,1H3/t8-,9+/m0/s1. The highest BCUT2D eigenvalue weighted by molar-refractivity contribution is 7.89. The summed E-state index contributed by atoms with van der Waals surface area (Å²) < 4.78 is 29.7. The zero-order chi connectivity index (χ0) is 12.5. The molecule has 2 aliphatic rings. The minimum absolute atomic E-state index is 0.246. The van der Waals surface area contributed by atoms with Crippen LogP contribution in [-0.4, -0.2) is 57.2 Å². The van der Waals surface area contributed by atoms with Gasteiger partial charge < -0.3 is 10.1 Å². The minimum Gasteiger partial charge on any atom is -0.468 e. The number of ether oxygens (including phenoxy) is 1. The smallest absolute Gasteiger partial charge is 0.322 e. The number of hydrogen-bond acceptors (Lipinski definition) is 5. The molecule has 2 rings (SSSR count). The third kappa shape index (κ3) is 2.78. The van der Waals surface area contributed by atoms with Gasteiger partial charge in [0.15, 0.2) is 5.75 Å². The van der Waals surface area contributed by atoms with Gasteiger partial charge in [0.05, 0.1) is 7.11 Å². The number of nitrogens with one attached hydrogen (secondary N) is 1. The molecule has 17 heavy (non-hydrogen) atoms. The maximum atomic E-state index is 11.9. The van der Waals surface area contributed by atoms with Gasteiger partial charge in [-0.3, -0.25) is 4.79 Å². The van der Waals surface area contributed by atoms with Crippen molar-refractivity contribution in [1.29, 1.82) is 0 Å². The Kier molecular flexibility index (Phi) is 3.70. The van der Waals surface area contributed by atoms with Gasteiger partial charge in [0.1, 0.15) is 0 Å². The molecule has 2 aliphatic heterocycles. The van der Waals surface area contributed by atoms with E-state index in [0.29, 0.717) is 19.0 Å². The topological polar surface area (TPSA) is 75.7 Å². The quantitative estimate of drug-likeness (QED) is 0.672. The maximum absolute atomic E-state index is 11.9. The van der Waals surface area contributed by atoms with Gasteiger partial charge in [-0.1, -0.05) is 0 Å². The van der Waals surface area contributed by atoms with Crippen molar-refractivity contribution < 1.29 is 17.9 Å². The monoisotopic (exact) mass is 262 g/mol. The molecule has 0 radical (unpaired) electrons. The average molecular weight is 262 g/mol. The highest BCUT2D eigenvalue weighted by Crippen LogP contribution is 2.26. The second-order valence-electron chi connectivity index (χ2n) is 4.61. The molecular formula is C10H18N2O4S. The van der Waals surface area contributed by atoms with Crippen LogP contribution in [0, 0.1) is 5.92 Å². The average Bonchev–Trinajstić information content (AvgIpc) is 2.72. The summed E-state index contributed by atoms with van der Waals surface area (Å²) in [6, 6.07) is 0.246. The molecule has 0 spiro atoms. The lowest BCUT2D eigenvalue weighted by Crippen LogP contribution is -2.41. The summed E-state index contributed by atoms with van der Waals surface area (Å²) in [5, 5.41) is 3.33. The first-order valence-corrected chi connectivity index (χ1v) is 7.42. The van der Waals surface area contributed by atoms with E-state index in [0.717, 1.165) is 19.4 Å². The van der Waals surface area contributed by atoms with Gasteiger partial charge in [-0.2, -0.15) is 4.31 Å².